The maximum absolute atomic E-state index is 2.66. The molecule has 344 valence electrons. The number of rotatable bonds is 10. The molecule has 0 saturated carbocycles. The van der Waals surface area contributed by atoms with Crippen molar-refractivity contribution in [3.05, 3.63) is 241 Å². The van der Waals surface area contributed by atoms with Gasteiger partial charge in [-0.15, -0.1) is 0 Å². The Morgan fingerprint density at radius 1 is 0.493 bits per heavy atom. The smallest absolute Gasteiger partial charge is 0.333 e. The second kappa shape index (κ2) is 18.0. The van der Waals surface area contributed by atoms with Crippen LogP contribution in [0.3, 0.4) is 0 Å². The number of para-hydroxylation sites is 1. The molecule has 0 atom stereocenters. The van der Waals surface area contributed by atoms with E-state index in [4.69, 9.17) is 0 Å². The molecule has 0 N–H and O–H groups in total. The molecule has 0 unspecified atom stereocenters. The highest BCUT2D eigenvalue weighted by Gasteiger charge is 2.46. The highest BCUT2D eigenvalue weighted by Crippen LogP contribution is 2.51. The molecule has 0 aliphatic carbocycles. The van der Waals surface area contributed by atoms with Crippen LogP contribution in [0, 0.1) is 6.92 Å². The number of fused-ring (bicyclic) bond motifs is 6. The summed E-state index contributed by atoms with van der Waals surface area (Å²) in [6, 6.07) is 84.1. The van der Waals surface area contributed by atoms with E-state index in [1.165, 1.54) is 107 Å². The Labute approximate surface area is 420 Å². The Bertz CT molecular complexity index is 3560. The number of hydrogen-bond acceptors (Lipinski definition) is 3. The summed E-state index contributed by atoms with van der Waals surface area (Å²) in [5.41, 5.74) is 23.1. The maximum Gasteiger partial charge on any atom is 0.333 e. The van der Waals surface area contributed by atoms with Crippen LogP contribution in [0.1, 0.15) is 57.2 Å². The molecule has 0 bridgehead atoms. The van der Waals surface area contributed by atoms with Gasteiger partial charge in [-0.25, -0.2) is 0 Å². The second-order valence-electron chi connectivity index (χ2n) is 20.5. The molecular formula is C67H58BN3. The van der Waals surface area contributed by atoms with E-state index < -0.39 is 0 Å². The zero-order chi connectivity index (χ0) is 48.2. The van der Waals surface area contributed by atoms with Gasteiger partial charge in [-0.1, -0.05) is 174 Å². The molecule has 0 amide bonds. The van der Waals surface area contributed by atoms with Crippen LogP contribution in [0.5, 0.6) is 0 Å². The molecule has 0 aromatic heterocycles. The molecule has 2 aliphatic rings. The molecule has 71 heavy (non-hydrogen) atoms. The fourth-order valence-corrected chi connectivity index (χ4v) is 11.3. The van der Waals surface area contributed by atoms with Crippen LogP contribution in [0.4, 0.5) is 45.5 Å². The molecule has 2 heterocycles. The first-order valence-corrected chi connectivity index (χ1v) is 25.4. The standard InChI is InChI=1S/C67H58BN3/c1-6-7-19-47-28-34-55(35-29-47)69(54-25-15-10-16-26-54)57-38-41-62-60(45-57)68-66-59(65-58-27-18-17-24-50(58)30-40-63(65)71(68)56-36-32-53(33-37-56)67(3,4)5)43-52(49-22-13-9-14-23-49)44-64(66)70(62)61-39-31-51(42-46(61)2)48-20-11-8-12-21-48/h8-18,20-45H,6-7,19H2,1-5H3. The summed E-state index contributed by atoms with van der Waals surface area (Å²) in [6.07, 6.45) is 3.45. The summed E-state index contributed by atoms with van der Waals surface area (Å²) < 4.78 is 0. The van der Waals surface area contributed by atoms with Crippen LogP contribution in [-0.4, -0.2) is 6.85 Å². The van der Waals surface area contributed by atoms with E-state index in [2.05, 4.69) is 274 Å². The van der Waals surface area contributed by atoms with Gasteiger partial charge in [-0.2, -0.15) is 0 Å². The summed E-state index contributed by atoms with van der Waals surface area (Å²) >= 11 is 0. The second-order valence-corrected chi connectivity index (χ2v) is 20.5. The Balaban J connectivity index is 1.17. The first-order chi connectivity index (χ1) is 34.7. The molecule has 0 saturated heterocycles. The van der Waals surface area contributed by atoms with Crippen LogP contribution in [0.25, 0.3) is 44.2 Å². The van der Waals surface area contributed by atoms with Crippen molar-refractivity contribution < 1.29 is 0 Å². The van der Waals surface area contributed by atoms with Gasteiger partial charge in [-0.3, -0.25) is 0 Å². The minimum absolute atomic E-state index is 0.0119. The number of nitrogens with zero attached hydrogens (tertiary/aromatic N) is 3. The number of aryl methyl sites for hydroxylation is 2. The zero-order valence-electron chi connectivity index (χ0n) is 41.4. The molecule has 0 spiro atoms. The third-order valence-corrected chi connectivity index (χ3v) is 14.9. The first kappa shape index (κ1) is 44.2. The van der Waals surface area contributed by atoms with Crippen molar-refractivity contribution in [1.29, 1.82) is 0 Å². The van der Waals surface area contributed by atoms with Gasteiger partial charge in [0, 0.05) is 51.1 Å². The summed E-state index contributed by atoms with van der Waals surface area (Å²) in [5, 5.41) is 2.48. The van der Waals surface area contributed by atoms with Gasteiger partial charge in [0.1, 0.15) is 0 Å². The number of anilines is 8. The van der Waals surface area contributed by atoms with Crippen molar-refractivity contribution in [3.8, 4) is 33.4 Å². The number of hydrogen-bond donors (Lipinski definition) is 0. The van der Waals surface area contributed by atoms with E-state index in [0.29, 0.717) is 0 Å². The van der Waals surface area contributed by atoms with Gasteiger partial charge in [0.15, 0.2) is 0 Å². The van der Waals surface area contributed by atoms with Crippen LogP contribution < -0.4 is 25.5 Å². The van der Waals surface area contributed by atoms with Crippen molar-refractivity contribution in [2.75, 3.05) is 14.6 Å². The van der Waals surface area contributed by atoms with E-state index in [1.807, 2.05) is 0 Å². The van der Waals surface area contributed by atoms with Crippen LogP contribution >= 0.6 is 0 Å². The Hall–Kier alpha value is -8.08. The van der Waals surface area contributed by atoms with Crippen molar-refractivity contribution in [2.24, 2.45) is 0 Å². The molecule has 10 aromatic carbocycles. The van der Waals surface area contributed by atoms with Crippen LogP contribution in [0.15, 0.2) is 224 Å². The van der Waals surface area contributed by atoms with Crippen molar-refractivity contribution in [3.63, 3.8) is 0 Å². The molecule has 10 aromatic rings. The molecular weight excluding hydrogens is 858 g/mol. The highest BCUT2D eigenvalue weighted by atomic mass is 15.2. The van der Waals surface area contributed by atoms with E-state index in [9.17, 15) is 0 Å². The van der Waals surface area contributed by atoms with Gasteiger partial charge in [0.2, 0.25) is 0 Å². The van der Waals surface area contributed by atoms with E-state index in [-0.39, 0.29) is 12.3 Å². The van der Waals surface area contributed by atoms with Gasteiger partial charge in [-0.05, 0) is 176 Å². The lowest BCUT2D eigenvalue weighted by atomic mass is 9.43. The van der Waals surface area contributed by atoms with Gasteiger partial charge in [0.25, 0.3) is 0 Å². The molecule has 12 rings (SSSR count). The Kier molecular flexibility index (Phi) is 11.2. The normalized spacial score (nSPS) is 12.7. The van der Waals surface area contributed by atoms with Crippen LogP contribution in [-0.2, 0) is 11.8 Å². The van der Waals surface area contributed by atoms with Crippen molar-refractivity contribution >= 4 is 74.0 Å². The highest BCUT2D eigenvalue weighted by molar-refractivity contribution is 6.93. The largest absolute Gasteiger partial charge is 0.376 e. The summed E-state index contributed by atoms with van der Waals surface area (Å²) in [5.74, 6) is 0. The molecule has 2 aliphatic heterocycles. The molecule has 0 fully saturated rings. The van der Waals surface area contributed by atoms with E-state index >= 15 is 0 Å². The lowest BCUT2D eigenvalue weighted by molar-refractivity contribution is 0.590. The molecule has 3 nitrogen and oxygen atoms in total. The fourth-order valence-electron chi connectivity index (χ4n) is 11.3. The van der Waals surface area contributed by atoms with Gasteiger partial charge in [0.05, 0.1) is 0 Å². The van der Waals surface area contributed by atoms with Gasteiger partial charge < -0.3 is 14.6 Å². The lowest BCUT2D eigenvalue weighted by Crippen LogP contribution is -2.61. The summed E-state index contributed by atoms with van der Waals surface area (Å²) in [6.45, 7) is 11.3. The van der Waals surface area contributed by atoms with Crippen molar-refractivity contribution in [2.45, 2.75) is 59.3 Å². The minimum Gasteiger partial charge on any atom is -0.376 e. The quantitative estimate of drug-likeness (QED) is 0.127. The number of unbranched alkanes of at least 4 members (excludes halogenated alkanes) is 1. The van der Waals surface area contributed by atoms with Gasteiger partial charge >= 0.3 is 6.85 Å². The summed E-state index contributed by atoms with van der Waals surface area (Å²) in [7, 11) is 0. The average molecular weight is 916 g/mol. The SMILES string of the molecule is CCCCc1ccc(N(c2ccccc2)c2ccc3c(c2)B2c4c(cc(-c5ccccc5)cc4N3c3ccc(-c4ccccc4)cc3C)-c3c(ccc4ccccc34)N2c2ccc(C(C)(C)C)cc2)cc1. The predicted octanol–water partition coefficient (Wildman–Crippen LogP) is 17.3. The third-order valence-electron chi connectivity index (χ3n) is 14.9. The first-order valence-electron chi connectivity index (χ1n) is 25.4. The number of benzene rings is 10. The minimum atomic E-state index is -0.178. The topological polar surface area (TPSA) is 9.72 Å². The lowest BCUT2D eigenvalue weighted by Gasteiger charge is -2.46. The fraction of sp³-hybridized carbons (Fsp3) is 0.134. The zero-order valence-corrected chi connectivity index (χ0v) is 41.4. The average Bonchev–Trinajstić information content (AvgIpc) is 3.41. The predicted molar refractivity (Wildman–Crippen MR) is 305 cm³/mol. The molecule has 4 heteroatoms. The maximum atomic E-state index is 2.66. The monoisotopic (exact) mass is 915 g/mol. The Morgan fingerprint density at radius 3 is 1.80 bits per heavy atom. The Morgan fingerprint density at radius 2 is 1.11 bits per heavy atom. The van der Waals surface area contributed by atoms with E-state index in [1.54, 1.807) is 0 Å². The van der Waals surface area contributed by atoms with Crippen LogP contribution in [0.2, 0.25) is 0 Å². The molecule has 0 radical (unpaired) electrons. The van der Waals surface area contributed by atoms with Crippen molar-refractivity contribution in [1.82, 2.24) is 0 Å². The van der Waals surface area contributed by atoms with E-state index in [0.717, 1.165) is 29.2 Å². The third kappa shape index (κ3) is 7.89. The summed E-state index contributed by atoms with van der Waals surface area (Å²) in [4.78, 5) is 7.68.